The van der Waals surface area contributed by atoms with Crippen molar-refractivity contribution in [1.82, 2.24) is 0 Å². The normalized spacial score (nSPS) is 11.4. The van der Waals surface area contributed by atoms with Gasteiger partial charge in [0.05, 0.1) is 13.2 Å². The average Bonchev–Trinajstić information content (AvgIpc) is 2.79. The SMILES string of the molecule is CCCCCCOc1ccc(C(=O)/C=C(\[O-])c2ccc(OCCCCCC)cc2)cc1. The van der Waals surface area contributed by atoms with Crippen molar-refractivity contribution in [3.63, 3.8) is 0 Å². The molecule has 0 saturated heterocycles. The highest BCUT2D eigenvalue weighted by Gasteiger charge is 2.04. The average molecular weight is 424 g/mol. The highest BCUT2D eigenvalue weighted by atomic mass is 16.5. The van der Waals surface area contributed by atoms with Crippen LogP contribution in [0.15, 0.2) is 54.6 Å². The van der Waals surface area contributed by atoms with Gasteiger partial charge in [-0.3, -0.25) is 4.79 Å². The minimum atomic E-state index is -0.309. The molecule has 0 N–H and O–H groups in total. The third-order valence-electron chi connectivity index (χ3n) is 5.07. The lowest BCUT2D eigenvalue weighted by Gasteiger charge is -2.13. The molecule has 4 nitrogen and oxygen atoms in total. The minimum absolute atomic E-state index is 0.309. The van der Waals surface area contributed by atoms with E-state index in [2.05, 4.69) is 13.8 Å². The van der Waals surface area contributed by atoms with E-state index in [1.807, 2.05) is 0 Å². The molecule has 0 fully saturated rings. The van der Waals surface area contributed by atoms with Crippen LogP contribution in [-0.4, -0.2) is 19.0 Å². The molecule has 0 saturated carbocycles. The number of allylic oxidation sites excluding steroid dienone is 1. The molecule has 2 rings (SSSR count). The van der Waals surface area contributed by atoms with Gasteiger partial charge in [0.1, 0.15) is 11.5 Å². The Kier molecular flexibility index (Phi) is 11.3. The molecule has 0 atom stereocenters. The van der Waals surface area contributed by atoms with Gasteiger partial charge in [-0.2, -0.15) is 0 Å². The number of unbranched alkanes of at least 4 members (excludes halogenated alkanes) is 6. The summed E-state index contributed by atoms with van der Waals surface area (Å²) < 4.78 is 11.4. The minimum Gasteiger partial charge on any atom is -0.872 e. The van der Waals surface area contributed by atoms with E-state index in [1.165, 1.54) is 25.7 Å². The lowest BCUT2D eigenvalue weighted by molar-refractivity contribution is -0.243. The second-order valence-corrected chi connectivity index (χ2v) is 7.74. The van der Waals surface area contributed by atoms with Crippen LogP contribution in [0.2, 0.25) is 0 Å². The molecular weight excluding hydrogens is 388 g/mol. The van der Waals surface area contributed by atoms with E-state index in [4.69, 9.17) is 9.47 Å². The van der Waals surface area contributed by atoms with Gasteiger partial charge in [-0.05, 0) is 60.9 Å². The van der Waals surface area contributed by atoms with E-state index >= 15 is 0 Å². The largest absolute Gasteiger partial charge is 0.872 e. The highest BCUT2D eigenvalue weighted by Crippen LogP contribution is 2.18. The molecule has 0 bridgehead atoms. The maximum absolute atomic E-state index is 12.4. The number of hydrogen-bond acceptors (Lipinski definition) is 4. The third-order valence-corrected chi connectivity index (χ3v) is 5.07. The summed E-state index contributed by atoms with van der Waals surface area (Å²) in [6.07, 6.45) is 10.4. The molecule has 0 radical (unpaired) electrons. The number of rotatable bonds is 15. The summed E-state index contributed by atoms with van der Waals surface area (Å²) in [6, 6.07) is 13.9. The van der Waals surface area contributed by atoms with Crippen LogP contribution in [0.3, 0.4) is 0 Å². The molecule has 2 aromatic carbocycles. The Morgan fingerprint density at radius 2 is 1.16 bits per heavy atom. The van der Waals surface area contributed by atoms with Gasteiger partial charge >= 0.3 is 0 Å². The monoisotopic (exact) mass is 423 g/mol. The Labute approximate surface area is 186 Å². The molecule has 0 aliphatic rings. The van der Waals surface area contributed by atoms with Crippen molar-refractivity contribution in [2.75, 3.05) is 13.2 Å². The Hall–Kier alpha value is -2.75. The molecule has 0 aliphatic heterocycles. The van der Waals surface area contributed by atoms with Gasteiger partial charge in [-0.1, -0.05) is 70.3 Å². The van der Waals surface area contributed by atoms with Crippen LogP contribution in [0.4, 0.5) is 0 Å². The first-order chi connectivity index (χ1) is 15.1. The quantitative estimate of drug-likeness (QED) is 0.148. The van der Waals surface area contributed by atoms with Crippen molar-refractivity contribution in [2.45, 2.75) is 65.2 Å². The molecular formula is C27H35O4-. The van der Waals surface area contributed by atoms with E-state index in [0.29, 0.717) is 24.3 Å². The lowest BCUT2D eigenvalue weighted by atomic mass is 10.1. The number of carbonyl (C=O) groups is 1. The Morgan fingerprint density at radius 1 is 0.710 bits per heavy atom. The smallest absolute Gasteiger partial charge is 0.185 e. The van der Waals surface area contributed by atoms with Gasteiger partial charge in [0.25, 0.3) is 0 Å². The summed E-state index contributed by atoms with van der Waals surface area (Å²) in [4.78, 5) is 12.4. The number of ketones is 1. The summed E-state index contributed by atoms with van der Waals surface area (Å²) in [5, 5.41) is 12.4. The maximum atomic E-state index is 12.4. The topological polar surface area (TPSA) is 58.6 Å². The second kappa shape index (κ2) is 14.3. The van der Waals surface area contributed by atoms with E-state index < -0.39 is 0 Å². The van der Waals surface area contributed by atoms with Gasteiger partial charge < -0.3 is 14.6 Å². The first kappa shape index (κ1) is 24.5. The van der Waals surface area contributed by atoms with Gasteiger partial charge in [0, 0.05) is 5.56 Å². The predicted molar refractivity (Wildman–Crippen MR) is 124 cm³/mol. The number of ether oxygens (including phenoxy) is 2. The zero-order valence-corrected chi connectivity index (χ0v) is 18.9. The molecule has 0 amide bonds. The van der Waals surface area contributed by atoms with Gasteiger partial charge in [-0.15, -0.1) is 0 Å². The summed E-state index contributed by atoms with van der Waals surface area (Å²) in [5.41, 5.74) is 0.942. The fraction of sp³-hybridized carbons (Fsp3) is 0.444. The molecule has 2 aromatic rings. The molecule has 0 heterocycles. The zero-order valence-electron chi connectivity index (χ0n) is 18.9. The molecule has 0 spiro atoms. The van der Waals surface area contributed by atoms with Crippen LogP contribution in [-0.2, 0) is 0 Å². The molecule has 31 heavy (non-hydrogen) atoms. The first-order valence-electron chi connectivity index (χ1n) is 11.5. The first-order valence-corrected chi connectivity index (χ1v) is 11.5. The van der Waals surface area contributed by atoms with Gasteiger partial charge in [-0.25, -0.2) is 0 Å². The van der Waals surface area contributed by atoms with Crippen LogP contribution < -0.4 is 14.6 Å². The van der Waals surface area contributed by atoms with Crippen molar-refractivity contribution < 1.29 is 19.4 Å². The summed E-state index contributed by atoms with van der Waals surface area (Å²) in [7, 11) is 0. The van der Waals surface area contributed by atoms with Crippen LogP contribution in [0.5, 0.6) is 11.5 Å². The van der Waals surface area contributed by atoms with Gasteiger partial charge in [0.15, 0.2) is 5.78 Å². The van der Waals surface area contributed by atoms with Crippen molar-refractivity contribution >= 4 is 11.5 Å². The van der Waals surface area contributed by atoms with Crippen LogP contribution in [0, 0.1) is 0 Å². The van der Waals surface area contributed by atoms with E-state index in [9.17, 15) is 9.90 Å². The van der Waals surface area contributed by atoms with Crippen LogP contribution in [0.25, 0.3) is 5.76 Å². The van der Waals surface area contributed by atoms with Crippen molar-refractivity contribution in [3.8, 4) is 11.5 Å². The van der Waals surface area contributed by atoms with Crippen LogP contribution in [0.1, 0.15) is 81.1 Å². The molecule has 0 aliphatic carbocycles. The Morgan fingerprint density at radius 3 is 1.61 bits per heavy atom. The second-order valence-electron chi connectivity index (χ2n) is 7.74. The Balaban J connectivity index is 1.84. The number of hydrogen-bond donors (Lipinski definition) is 0. The van der Waals surface area contributed by atoms with Gasteiger partial charge in [0.2, 0.25) is 0 Å². The third kappa shape index (κ3) is 9.29. The van der Waals surface area contributed by atoms with E-state index in [0.717, 1.165) is 43.3 Å². The summed E-state index contributed by atoms with van der Waals surface area (Å²) in [6.45, 7) is 5.71. The fourth-order valence-electron chi connectivity index (χ4n) is 3.15. The molecule has 0 aromatic heterocycles. The predicted octanol–water partition coefficient (Wildman–Crippen LogP) is 6.19. The summed E-state index contributed by atoms with van der Waals surface area (Å²) in [5.74, 6) is 0.862. The molecule has 4 heteroatoms. The fourth-order valence-corrected chi connectivity index (χ4v) is 3.15. The van der Waals surface area contributed by atoms with E-state index in [1.54, 1.807) is 48.5 Å². The highest BCUT2D eigenvalue weighted by molar-refractivity contribution is 6.07. The van der Waals surface area contributed by atoms with Crippen LogP contribution >= 0.6 is 0 Å². The van der Waals surface area contributed by atoms with E-state index in [-0.39, 0.29) is 11.5 Å². The Bertz CT molecular complexity index is 791. The maximum Gasteiger partial charge on any atom is 0.185 e. The zero-order chi connectivity index (χ0) is 22.3. The van der Waals surface area contributed by atoms with Crippen molar-refractivity contribution in [3.05, 3.63) is 65.7 Å². The number of carbonyl (C=O) groups excluding carboxylic acids is 1. The molecule has 168 valence electrons. The number of benzene rings is 2. The van der Waals surface area contributed by atoms with Crippen molar-refractivity contribution in [2.24, 2.45) is 0 Å². The summed E-state index contributed by atoms with van der Waals surface area (Å²) >= 11 is 0. The molecule has 0 unspecified atom stereocenters. The standard InChI is InChI=1S/C27H36O4/c1-3-5-7-9-19-30-24-15-11-22(12-16-24)26(28)21-27(29)23-13-17-25(18-14-23)31-20-10-8-6-4-2/h11-18,21,28H,3-10,19-20H2,1-2H3/p-1/b26-21-. The lowest BCUT2D eigenvalue weighted by Crippen LogP contribution is -2.06. The van der Waals surface area contributed by atoms with Crippen molar-refractivity contribution in [1.29, 1.82) is 0 Å².